The number of fused-ring (bicyclic) bond motifs is 2. The van der Waals surface area contributed by atoms with Gasteiger partial charge in [-0.25, -0.2) is 4.98 Å². The van der Waals surface area contributed by atoms with E-state index in [1.54, 1.807) is 0 Å². The number of para-hydroxylation sites is 3. The van der Waals surface area contributed by atoms with Crippen LogP contribution in [0.15, 0.2) is 79.1 Å². The zero-order valence-electron chi connectivity index (χ0n) is 15.3. The highest BCUT2D eigenvalue weighted by Crippen LogP contribution is 2.24. The van der Waals surface area contributed by atoms with E-state index in [2.05, 4.69) is 15.3 Å². The number of benzene rings is 3. The van der Waals surface area contributed by atoms with E-state index in [1.165, 1.54) is 0 Å². The first-order chi connectivity index (χ1) is 13.7. The highest BCUT2D eigenvalue weighted by Gasteiger charge is 2.16. The second-order valence-corrected chi connectivity index (χ2v) is 6.77. The van der Waals surface area contributed by atoms with Crippen molar-refractivity contribution in [3.8, 4) is 5.69 Å². The van der Waals surface area contributed by atoms with Gasteiger partial charge in [-0.15, -0.1) is 0 Å². The number of imidazole rings is 1. The molecule has 0 unspecified atom stereocenters. The van der Waals surface area contributed by atoms with Gasteiger partial charge in [-0.3, -0.25) is 9.36 Å². The normalized spacial score (nSPS) is 11.2. The molecule has 0 aliphatic rings. The number of anilines is 1. The van der Waals surface area contributed by atoms with Crippen molar-refractivity contribution >= 4 is 33.5 Å². The molecule has 5 heteroatoms. The summed E-state index contributed by atoms with van der Waals surface area (Å²) in [7, 11) is 0. The standard InChI is InChI=1S/C23H18N4O/c1-15-22(18-6-2-3-7-19(18)25-15)23(28)26-16-10-12-17(13-11-16)27-14-24-20-8-4-5-9-21(20)27/h2-14,25H,1H3,(H,26,28). The Balaban J connectivity index is 1.43. The number of rotatable bonds is 3. The summed E-state index contributed by atoms with van der Waals surface area (Å²) in [5.41, 5.74) is 6.26. The number of nitrogens with one attached hydrogen (secondary N) is 2. The zero-order chi connectivity index (χ0) is 19.1. The minimum atomic E-state index is -0.115. The molecule has 0 fully saturated rings. The number of aryl methyl sites for hydroxylation is 1. The van der Waals surface area contributed by atoms with Crippen molar-refractivity contribution in [2.75, 3.05) is 5.32 Å². The summed E-state index contributed by atoms with van der Waals surface area (Å²) < 4.78 is 2.03. The number of hydrogen-bond donors (Lipinski definition) is 2. The van der Waals surface area contributed by atoms with Gasteiger partial charge in [-0.2, -0.15) is 0 Å². The number of carbonyl (C=O) groups excluding carboxylic acids is 1. The molecule has 0 saturated carbocycles. The molecule has 136 valence electrons. The Morgan fingerprint density at radius 3 is 2.57 bits per heavy atom. The monoisotopic (exact) mass is 366 g/mol. The quantitative estimate of drug-likeness (QED) is 0.468. The highest BCUT2D eigenvalue weighted by molar-refractivity contribution is 6.13. The van der Waals surface area contributed by atoms with Crippen LogP contribution < -0.4 is 5.32 Å². The molecule has 5 rings (SSSR count). The number of nitrogens with zero attached hydrogens (tertiary/aromatic N) is 2. The Bertz CT molecular complexity index is 1310. The minimum Gasteiger partial charge on any atom is -0.358 e. The first kappa shape index (κ1) is 16.3. The largest absolute Gasteiger partial charge is 0.358 e. The number of H-pyrrole nitrogens is 1. The van der Waals surface area contributed by atoms with Gasteiger partial charge in [0, 0.05) is 28.0 Å². The Morgan fingerprint density at radius 1 is 0.964 bits per heavy atom. The molecule has 2 N–H and O–H groups in total. The fraction of sp³-hybridized carbons (Fsp3) is 0.0435. The third-order valence-corrected chi connectivity index (χ3v) is 4.98. The van der Waals surface area contributed by atoms with Crippen LogP contribution in [0, 0.1) is 6.92 Å². The first-order valence-corrected chi connectivity index (χ1v) is 9.12. The van der Waals surface area contributed by atoms with Gasteiger partial charge in [0.05, 0.1) is 16.6 Å². The molecule has 5 aromatic rings. The molecule has 2 aromatic heterocycles. The molecule has 2 heterocycles. The van der Waals surface area contributed by atoms with E-state index in [4.69, 9.17) is 0 Å². The van der Waals surface area contributed by atoms with E-state index in [-0.39, 0.29) is 5.91 Å². The summed E-state index contributed by atoms with van der Waals surface area (Å²) in [5.74, 6) is -0.115. The maximum absolute atomic E-state index is 12.9. The number of carbonyl (C=O) groups is 1. The lowest BCUT2D eigenvalue weighted by atomic mass is 10.1. The lowest BCUT2D eigenvalue weighted by Crippen LogP contribution is -2.12. The predicted octanol–water partition coefficient (Wildman–Crippen LogP) is 5.07. The average Bonchev–Trinajstić information content (AvgIpc) is 3.29. The fourth-order valence-corrected chi connectivity index (χ4v) is 3.63. The molecule has 1 amide bonds. The van der Waals surface area contributed by atoms with Crippen molar-refractivity contribution in [2.45, 2.75) is 6.92 Å². The number of aromatic amines is 1. The number of aromatic nitrogens is 3. The van der Waals surface area contributed by atoms with Crippen molar-refractivity contribution < 1.29 is 4.79 Å². The lowest BCUT2D eigenvalue weighted by Gasteiger charge is -2.08. The van der Waals surface area contributed by atoms with Crippen LogP contribution in [-0.2, 0) is 0 Å². The van der Waals surface area contributed by atoms with E-state index >= 15 is 0 Å². The molecule has 3 aromatic carbocycles. The van der Waals surface area contributed by atoms with E-state index < -0.39 is 0 Å². The van der Waals surface area contributed by atoms with Gasteiger partial charge in [-0.05, 0) is 49.4 Å². The van der Waals surface area contributed by atoms with Crippen molar-refractivity contribution in [1.29, 1.82) is 0 Å². The topological polar surface area (TPSA) is 62.7 Å². The fourth-order valence-electron chi connectivity index (χ4n) is 3.63. The first-order valence-electron chi connectivity index (χ1n) is 9.12. The molecule has 28 heavy (non-hydrogen) atoms. The molecular weight excluding hydrogens is 348 g/mol. The van der Waals surface area contributed by atoms with Crippen LogP contribution in [0.3, 0.4) is 0 Å². The van der Waals surface area contributed by atoms with E-state index in [9.17, 15) is 4.79 Å². The van der Waals surface area contributed by atoms with Crippen molar-refractivity contribution in [1.82, 2.24) is 14.5 Å². The van der Waals surface area contributed by atoms with Gasteiger partial charge in [0.2, 0.25) is 0 Å². The van der Waals surface area contributed by atoms with Crippen LogP contribution >= 0.6 is 0 Å². The number of amides is 1. The van der Waals surface area contributed by atoms with E-state index in [0.717, 1.165) is 39.0 Å². The van der Waals surface area contributed by atoms with Crippen LogP contribution in [0.4, 0.5) is 5.69 Å². The second-order valence-electron chi connectivity index (χ2n) is 6.77. The van der Waals surface area contributed by atoms with Crippen molar-refractivity contribution in [2.24, 2.45) is 0 Å². The second kappa shape index (κ2) is 6.39. The lowest BCUT2D eigenvalue weighted by molar-refractivity contribution is 0.102. The van der Waals surface area contributed by atoms with E-state index in [1.807, 2.05) is 90.6 Å². The third-order valence-electron chi connectivity index (χ3n) is 4.98. The van der Waals surface area contributed by atoms with Crippen LogP contribution in [0.1, 0.15) is 16.1 Å². The van der Waals surface area contributed by atoms with Gasteiger partial charge in [0.25, 0.3) is 5.91 Å². The zero-order valence-corrected chi connectivity index (χ0v) is 15.3. The average molecular weight is 366 g/mol. The van der Waals surface area contributed by atoms with Gasteiger partial charge < -0.3 is 10.3 Å². The molecule has 0 aliphatic heterocycles. The van der Waals surface area contributed by atoms with Gasteiger partial charge in [0.1, 0.15) is 6.33 Å². The summed E-state index contributed by atoms with van der Waals surface area (Å²) >= 11 is 0. The Hall–Kier alpha value is -3.86. The third kappa shape index (κ3) is 2.65. The van der Waals surface area contributed by atoms with Crippen molar-refractivity contribution in [3.63, 3.8) is 0 Å². The van der Waals surface area contributed by atoms with Crippen molar-refractivity contribution in [3.05, 3.63) is 90.4 Å². The van der Waals surface area contributed by atoms with Gasteiger partial charge in [-0.1, -0.05) is 30.3 Å². The maximum Gasteiger partial charge on any atom is 0.258 e. The molecule has 5 nitrogen and oxygen atoms in total. The molecule has 0 saturated heterocycles. The summed E-state index contributed by atoms with van der Waals surface area (Å²) in [6.07, 6.45) is 1.81. The Kier molecular flexibility index (Phi) is 3.72. The summed E-state index contributed by atoms with van der Waals surface area (Å²) in [4.78, 5) is 20.5. The summed E-state index contributed by atoms with van der Waals surface area (Å²) in [6.45, 7) is 1.92. The SMILES string of the molecule is Cc1[nH]c2ccccc2c1C(=O)Nc1ccc(-n2cnc3ccccc32)cc1. The molecule has 0 spiro atoms. The summed E-state index contributed by atoms with van der Waals surface area (Å²) in [6, 6.07) is 23.6. The van der Waals surface area contributed by atoms with Crippen LogP contribution in [0.2, 0.25) is 0 Å². The Labute approximate surface area is 161 Å². The number of hydrogen-bond acceptors (Lipinski definition) is 2. The van der Waals surface area contributed by atoms with Crippen LogP contribution in [0.25, 0.3) is 27.6 Å². The van der Waals surface area contributed by atoms with Gasteiger partial charge in [0.15, 0.2) is 0 Å². The molecule has 0 radical (unpaired) electrons. The Morgan fingerprint density at radius 2 is 1.71 bits per heavy atom. The highest BCUT2D eigenvalue weighted by atomic mass is 16.1. The summed E-state index contributed by atoms with van der Waals surface area (Å²) in [5, 5.41) is 3.93. The van der Waals surface area contributed by atoms with Crippen LogP contribution in [0.5, 0.6) is 0 Å². The molecule has 0 atom stereocenters. The maximum atomic E-state index is 12.9. The smallest absolute Gasteiger partial charge is 0.258 e. The molecule has 0 aliphatic carbocycles. The predicted molar refractivity (Wildman–Crippen MR) is 112 cm³/mol. The van der Waals surface area contributed by atoms with Crippen LogP contribution in [-0.4, -0.2) is 20.4 Å². The minimum absolute atomic E-state index is 0.115. The van der Waals surface area contributed by atoms with Gasteiger partial charge >= 0.3 is 0 Å². The van der Waals surface area contributed by atoms with E-state index in [0.29, 0.717) is 5.56 Å². The molecular formula is C23H18N4O. The molecule has 0 bridgehead atoms.